The van der Waals surface area contributed by atoms with Crippen molar-refractivity contribution in [1.82, 2.24) is 0 Å². The Hall–Kier alpha value is -2.11. The highest BCUT2D eigenvalue weighted by Gasteiger charge is 2.34. The molecule has 0 aliphatic carbocycles. The molecule has 124 valence electrons. The van der Waals surface area contributed by atoms with Crippen LogP contribution in [0.2, 0.25) is 5.02 Å². The number of hydrogen-bond donors (Lipinski definition) is 0. The first kappa shape index (κ1) is 16.7. The van der Waals surface area contributed by atoms with E-state index in [0.717, 1.165) is 5.56 Å². The first-order chi connectivity index (χ1) is 11.4. The van der Waals surface area contributed by atoms with Gasteiger partial charge in [0.1, 0.15) is 5.82 Å². The number of benzene rings is 2. The fraction of sp³-hybridized carbons (Fsp3) is 0.176. The molecule has 0 fully saturated rings. The van der Waals surface area contributed by atoms with E-state index in [2.05, 4.69) is 0 Å². The molecule has 2 aromatic rings. The molecule has 0 spiro atoms. The van der Waals surface area contributed by atoms with Gasteiger partial charge in [-0.15, -0.1) is 0 Å². The average Bonchev–Trinajstić information content (AvgIpc) is 2.53. The first-order valence-corrected chi connectivity index (χ1v) is 7.88. The normalized spacial score (nSPS) is 16.6. The SMILES string of the molecule is CC1Oc2c(C(=O)Cl)cc(Cl)cc2N(Cc2ccc(F)cc2)C1=O. The van der Waals surface area contributed by atoms with Crippen LogP contribution in [-0.2, 0) is 11.3 Å². The molecule has 4 nitrogen and oxygen atoms in total. The minimum atomic E-state index is -0.783. The van der Waals surface area contributed by atoms with Crippen LogP contribution >= 0.6 is 23.2 Å². The minimum Gasteiger partial charge on any atom is -0.478 e. The van der Waals surface area contributed by atoms with Crippen molar-refractivity contribution < 1.29 is 18.7 Å². The van der Waals surface area contributed by atoms with Crippen molar-refractivity contribution >= 4 is 40.0 Å². The van der Waals surface area contributed by atoms with Crippen LogP contribution in [0.1, 0.15) is 22.8 Å². The molecule has 7 heteroatoms. The van der Waals surface area contributed by atoms with E-state index in [4.69, 9.17) is 27.9 Å². The van der Waals surface area contributed by atoms with Crippen LogP contribution in [0.25, 0.3) is 0 Å². The summed E-state index contributed by atoms with van der Waals surface area (Å²) >= 11 is 11.6. The second kappa shape index (κ2) is 6.42. The largest absolute Gasteiger partial charge is 0.478 e. The predicted molar refractivity (Wildman–Crippen MR) is 89.3 cm³/mol. The van der Waals surface area contributed by atoms with Crippen LogP contribution in [0.4, 0.5) is 10.1 Å². The smallest absolute Gasteiger partial charge is 0.268 e. The van der Waals surface area contributed by atoms with Crippen molar-refractivity contribution in [1.29, 1.82) is 0 Å². The van der Waals surface area contributed by atoms with E-state index >= 15 is 0 Å². The molecule has 1 aliphatic heterocycles. The van der Waals surface area contributed by atoms with Gasteiger partial charge in [0.05, 0.1) is 17.8 Å². The Morgan fingerprint density at radius 1 is 1.29 bits per heavy atom. The summed E-state index contributed by atoms with van der Waals surface area (Å²) in [7, 11) is 0. The van der Waals surface area contributed by atoms with E-state index in [1.54, 1.807) is 19.1 Å². The highest BCUT2D eigenvalue weighted by Crippen LogP contribution is 2.41. The Morgan fingerprint density at radius 2 is 1.96 bits per heavy atom. The zero-order chi connectivity index (χ0) is 17.4. The Labute approximate surface area is 147 Å². The third-order valence-corrected chi connectivity index (χ3v) is 4.12. The van der Waals surface area contributed by atoms with Crippen LogP contribution < -0.4 is 9.64 Å². The molecule has 3 rings (SSSR count). The zero-order valence-electron chi connectivity index (χ0n) is 12.6. The molecule has 0 N–H and O–H groups in total. The van der Waals surface area contributed by atoms with Gasteiger partial charge in [0, 0.05) is 5.02 Å². The van der Waals surface area contributed by atoms with E-state index in [0.29, 0.717) is 5.69 Å². The molecular formula is C17H12Cl2FNO3. The molecule has 0 saturated heterocycles. The van der Waals surface area contributed by atoms with Crippen molar-refractivity contribution in [2.75, 3.05) is 4.90 Å². The highest BCUT2D eigenvalue weighted by atomic mass is 35.5. The summed E-state index contributed by atoms with van der Waals surface area (Å²) < 4.78 is 18.6. The van der Waals surface area contributed by atoms with Gasteiger partial charge in [-0.3, -0.25) is 9.59 Å². The summed E-state index contributed by atoms with van der Waals surface area (Å²) in [4.78, 5) is 25.6. The summed E-state index contributed by atoms with van der Waals surface area (Å²) in [6.45, 7) is 1.77. The molecule has 0 saturated carbocycles. The van der Waals surface area contributed by atoms with Gasteiger partial charge in [-0.05, 0) is 48.4 Å². The van der Waals surface area contributed by atoms with Crippen LogP contribution in [-0.4, -0.2) is 17.3 Å². The lowest BCUT2D eigenvalue weighted by Gasteiger charge is -2.34. The van der Waals surface area contributed by atoms with Gasteiger partial charge < -0.3 is 9.64 Å². The molecule has 1 amide bonds. The molecule has 0 aromatic heterocycles. The van der Waals surface area contributed by atoms with Crippen LogP contribution in [0.15, 0.2) is 36.4 Å². The fourth-order valence-corrected chi connectivity index (χ4v) is 2.90. The van der Waals surface area contributed by atoms with Gasteiger partial charge >= 0.3 is 0 Å². The Morgan fingerprint density at radius 3 is 2.58 bits per heavy atom. The van der Waals surface area contributed by atoms with E-state index in [9.17, 15) is 14.0 Å². The summed E-state index contributed by atoms with van der Waals surface area (Å²) in [5.41, 5.74) is 1.19. The number of carbonyl (C=O) groups excluding carboxylic acids is 2. The maximum Gasteiger partial charge on any atom is 0.268 e. The predicted octanol–water partition coefficient (Wildman–Crippen LogP) is 4.17. The van der Waals surface area contributed by atoms with Crippen molar-refractivity contribution in [2.24, 2.45) is 0 Å². The Bertz CT molecular complexity index is 823. The monoisotopic (exact) mass is 367 g/mol. The standard InChI is InChI=1S/C17H12Cl2FNO3/c1-9-17(23)21(8-10-2-4-12(20)5-3-10)14-7-11(18)6-13(16(19)22)15(14)24-9/h2-7,9H,8H2,1H3. The molecule has 0 radical (unpaired) electrons. The lowest BCUT2D eigenvalue weighted by atomic mass is 10.1. The number of ether oxygens (including phenoxy) is 1. The number of anilines is 1. The summed E-state index contributed by atoms with van der Waals surface area (Å²) in [6, 6.07) is 8.73. The number of fused-ring (bicyclic) bond motifs is 1. The molecule has 1 heterocycles. The van der Waals surface area contributed by atoms with Gasteiger partial charge in [0.2, 0.25) is 0 Å². The topological polar surface area (TPSA) is 46.6 Å². The zero-order valence-corrected chi connectivity index (χ0v) is 14.1. The van der Waals surface area contributed by atoms with Gasteiger partial charge in [-0.1, -0.05) is 23.7 Å². The molecule has 1 atom stereocenters. The second-order valence-corrected chi connectivity index (χ2v) is 6.17. The third kappa shape index (κ3) is 3.09. The van der Waals surface area contributed by atoms with E-state index in [-0.39, 0.29) is 34.6 Å². The number of amides is 1. The van der Waals surface area contributed by atoms with Crippen LogP contribution in [0.5, 0.6) is 5.75 Å². The van der Waals surface area contributed by atoms with E-state index in [1.807, 2.05) is 0 Å². The Kier molecular flexibility index (Phi) is 4.47. The molecule has 0 bridgehead atoms. The van der Waals surface area contributed by atoms with Crippen molar-refractivity contribution in [3.63, 3.8) is 0 Å². The van der Waals surface area contributed by atoms with Gasteiger partial charge in [0.15, 0.2) is 11.9 Å². The van der Waals surface area contributed by atoms with Gasteiger partial charge in [-0.25, -0.2) is 4.39 Å². The van der Waals surface area contributed by atoms with Gasteiger partial charge in [-0.2, -0.15) is 0 Å². The third-order valence-electron chi connectivity index (χ3n) is 3.70. The van der Waals surface area contributed by atoms with E-state index in [1.165, 1.54) is 29.2 Å². The molecule has 2 aromatic carbocycles. The minimum absolute atomic E-state index is 0.0997. The lowest BCUT2D eigenvalue weighted by Crippen LogP contribution is -2.44. The Balaban J connectivity index is 2.08. The maximum atomic E-state index is 13.1. The lowest BCUT2D eigenvalue weighted by molar-refractivity contribution is -0.125. The molecular weight excluding hydrogens is 356 g/mol. The van der Waals surface area contributed by atoms with Gasteiger partial charge in [0.25, 0.3) is 11.1 Å². The van der Waals surface area contributed by atoms with Crippen molar-refractivity contribution in [3.05, 3.63) is 58.4 Å². The first-order valence-electron chi connectivity index (χ1n) is 7.12. The quantitative estimate of drug-likeness (QED) is 0.764. The fourth-order valence-electron chi connectivity index (χ4n) is 2.55. The van der Waals surface area contributed by atoms with Crippen molar-refractivity contribution in [2.45, 2.75) is 19.6 Å². The number of rotatable bonds is 3. The summed E-state index contributed by atoms with van der Waals surface area (Å²) in [6.07, 6.45) is -0.783. The number of halogens is 3. The summed E-state index contributed by atoms with van der Waals surface area (Å²) in [5.74, 6) is -0.436. The summed E-state index contributed by atoms with van der Waals surface area (Å²) in [5, 5.41) is -0.468. The number of carbonyl (C=O) groups is 2. The van der Waals surface area contributed by atoms with Crippen LogP contribution in [0.3, 0.4) is 0 Å². The molecule has 1 unspecified atom stereocenters. The van der Waals surface area contributed by atoms with E-state index < -0.39 is 11.3 Å². The van der Waals surface area contributed by atoms with Crippen molar-refractivity contribution in [3.8, 4) is 5.75 Å². The van der Waals surface area contributed by atoms with Crippen LogP contribution in [0, 0.1) is 5.82 Å². The average molecular weight is 368 g/mol. The number of nitrogens with zero attached hydrogens (tertiary/aromatic N) is 1. The molecule has 1 aliphatic rings. The number of hydrogen-bond acceptors (Lipinski definition) is 3. The molecule has 24 heavy (non-hydrogen) atoms. The second-order valence-electron chi connectivity index (χ2n) is 5.39. The maximum absolute atomic E-state index is 13.1. The highest BCUT2D eigenvalue weighted by molar-refractivity contribution is 6.68.